The largest absolute Gasteiger partial charge is 0.472 e. The van der Waals surface area contributed by atoms with Crippen molar-refractivity contribution in [2.24, 2.45) is 34.5 Å². The van der Waals surface area contributed by atoms with E-state index in [4.69, 9.17) is 9.15 Å². The molecule has 5 aliphatic rings. The van der Waals surface area contributed by atoms with Crippen molar-refractivity contribution in [1.82, 2.24) is 4.90 Å². The lowest BCUT2D eigenvalue weighted by atomic mass is 9.44. The molecule has 6 rings (SSSR count). The Morgan fingerprint density at radius 3 is 2.53 bits per heavy atom. The van der Waals surface area contributed by atoms with E-state index in [2.05, 4.69) is 24.8 Å². The monoisotopic (exact) mass is 469 g/mol. The Labute approximate surface area is 206 Å². The molecule has 0 bridgehead atoms. The Morgan fingerprint density at radius 2 is 1.74 bits per heavy atom. The summed E-state index contributed by atoms with van der Waals surface area (Å²) in [5, 5.41) is 11.5. The Morgan fingerprint density at radius 1 is 0.971 bits per heavy atom. The third-order valence-corrected chi connectivity index (χ3v) is 11.8. The minimum absolute atomic E-state index is 0.0546. The van der Waals surface area contributed by atoms with Crippen molar-refractivity contribution in [3.8, 4) is 0 Å². The summed E-state index contributed by atoms with van der Waals surface area (Å²) in [5.74, 6) is 3.53. The smallest absolute Gasteiger partial charge is 0.0937 e. The number of nitrogens with zero attached hydrogens (tertiary/aromatic N) is 1. The highest BCUT2D eigenvalue weighted by molar-refractivity contribution is 5.22. The van der Waals surface area contributed by atoms with Gasteiger partial charge in [0, 0.05) is 13.2 Å². The number of aliphatic hydroxyl groups excluding tert-OH is 1. The van der Waals surface area contributed by atoms with Crippen molar-refractivity contribution in [2.75, 3.05) is 26.2 Å². The summed E-state index contributed by atoms with van der Waals surface area (Å²) in [5.41, 5.74) is 2.14. The van der Waals surface area contributed by atoms with Gasteiger partial charge in [-0.15, -0.1) is 0 Å². The molecule has 4 heteroatoms. The van der Waals surface area contributed by atoms with E-state index in [1.165, 1.54) is 76.4 Å². The maximum atomic E-state index is 11.5. The zero-order valence-electron chi connectivity index (χ0n) is 21.6. The van der Waals surface area contributed by atoms with E-state index in [1.807, 2.05) is 12.5 Å². The molecule has 0 unspecified atom stereocenters. The molecule has 4 saturated carbocycles. The van der Waals surface area contributed by atoms with Gasteiger partial charge in [0.1, 0.15) is 0 Å². The second-order valence-electron chi connectivity index (χ2n) is 13.1. The zero-order valence-corrected chi connectivity index (χ0v) is 21.6. The summed E-state index contributed by atoms with van der Waals surface area (Å²) >= 11 is 0. The summed E-state index contributed by atoms with van der Waals surface area (Å²) in [6.45, 7) is 9.63. The summed E-state index contributed by atoms with van der Waals surface area (Å²) in [6, 6.07) is 2.21. The molecule has 0 spiro atoms. The number of rotatable bonds is 6. The van der Waals surface area contributed by atoms with Crippen LogP contribution in [0, 0.1) is 34.5 Å². The van der Waals surface area contributed by atoms with Gasteiger partial charge in [-0.05, 0) is 136 Å². The van der Waals surface area contributed by atoms with Crippen LogP contribution in [0.4, 0.5) is 0 Å². The van der Waals surface area contributed by atoms with Crippen LogP contribution in [0.25, 0.3) is 0 Å². The van der Waals surface area contributed by atoms with Crippen molar-refractivity contribution in [3.05, 3.63) is 24.2 Å². The van der Waals surface area contributed by atoms with Gasteiger partial charge in [-0.1, -0.05) is 13.8 Å². The Kier molecular flexibility index (Phi) is 6.39. The van der Waals surface area contributed by atoms with Gasteiger partial charge in [-0.2, -0.15) is 0 Å². The average Bonchev–Trinajstić information content (AvgIpc) is 3.58. The predicted molar refractivity (Wildman–Crippen MR) is 135 cm³/mol. The fourth-order valence-corrected chi connectivity index (χ4v) is 10.0. The van der Waals surface area contributed by atoms with E-state index in [9.17, 15) is 5.11 Å². The third-order valence-electron chi connectivity index (χ3n) is 11.8. The highest BCUT2D eigenvalue weighted by Crippen LogP contribution is 2.69. The predicted octanol–water partition coefficient (Wildman–Crippen LogP) is 6.25. The van der Waals surface area contributed by atoms with Gasteiger partial charge in [-0.25, -0.2) is 0 Å². The van der Waals surface area contributed by atoms with E-state index < -0.39 is 0 Å². The normalized spacial score (nSPS) is 46.7. The molecule has 1 N–H and O–H groups in total. The Hall–Kier alpha value is -0.840. The second-order valence-corrected chi connectivity index (χ2v) is 13.1. The van der Waals surface area contributed by atoms with Crippen molar-refractivity contribution in [1.29, 1.82) is 0 Å². The highest BCUT2D eigenvalue weighted by atomic mass is 16.5. The van der Waals surface area contributed by atoms with E-state index >= 15 is 0 Å². The number of furan rings is 1. The SMILES string of the molecule is C[C@]12CC[C@H](OCCCN3CCCC3)[C@H](O)[C@H]1CC[C@@H]1[C@@H]2CC[C@]2(C)[C@@H](c3ccoc3)CC[C@@H]12. The standard InChI is InChI=1S/C30H47NO3/c1-29-13-10-25-22(24(29)9-8-23(29)21-12-19-33-20-21)6-7-26-28(32)27(11-14-30(25,26)2)34-18-5-17-31-15-3-4-16-31/h12,19-20,22-28,32H,3-11,13-18H2,1-2H3/t22-,23+,24-,25-,26+,27-,28+,29+,30+/m0/s1. The molecule has 4 nitrogen and oxygen atoms in total. The van der Waals surface area contributed by atoms with E-state index in [0.29, 0.717) is 17.3 Å². The Balaban J connectivity index is 1.10. The second kappa shape index (κ2) is 9.23. The fraction of sp³-hybridized carbons (Fsp3) is 0.867. The molecular formula is C30H47NO3. The topological polar surface area (TPSA) is 45.8 Å². The average molecular weight is 470 g/mol. The minimum Gasteiger partial charge on any atom is -0.472 e. The van der Waals surface area contributed by atoms with Gasteiger partial charge in [0.05, 0.1) is 24.7 Å². The lowest BCUT2D eigenvalue weighted by Crippen LogP contribution is -2.58. The molecule has 1 aromatic heterocycles. The number of ether oxygens (including phenoxy) is 1. The lowest BCUT2D eigenvalue weighted by molar-refractivity contribution is -0.183. The Bertz CT molecular complexity index is 819. The molecule has 0 radical (unpaired) electrons. The van der Waals surface area contributed by atoms with Crippen LogP contribution in [-0.4, -0.2) is 48.5 Å². The van der Waals surface area contributed by atoms with Crippen LogP contribution in [0.3, 0.4) is 0 Å². The van der Waals surface area contributed by atoms with Gasteiger partial charge >= 0.3 is 0 Å². The summed E-state index contributed by atoms with van der Waals surface area (Å²) in [7, 11) is 0. The highest BCUT2D eigenvalue weighted by Gasteiger charge is 2.61. The first kappa shape index (κ1) is 23.6. The van der Waals surface area contributed by atoms with Crippen LogP contribution in [-0.2, 0) is 4.74 Å². The quantitative estimate of drug-likeness (QED) is 0.500. The first-order chi connectivity index (χ1) is 16.5. The number of hydrogen-bond donors (Lipinski definition) is 1. The molecule has 0 amide bonds. The lowest BCUT2D eigenvalue weighted by Gasteiger charge is -2.62. The molecule has 1 aliphatic heterocycles. The molecule has 9 atom stereocenters. The molecule has 190 valence electrons. The maximum absolute atomic E-state index is 11.5. The van der Waals surface area contributed by atoms with Crippen molar-refractivity contribution in [2.45, 2.75) is 103 Å². The summed E-state index contributed by atoms with van der Waals surface area (Å²) < 4.78 is 11.8. The van der Waals surface area contributed by atoms with Crippen LogP contribution in [0.2, 0.25) is 0 Å². The van der Waals surface area contributed by atoms with E-state index in [1.54, 1.807) is 0 Å². The van der Waals surface area contributed by atoms with Gasteiger partial charge < -0.3 is 19.2 Å². The number of fused-ring (bicyclic) bond motifs is 5. The van der Waals surface area contributed by atoms with Crippen LogP contribution < -0.4 is 0 Å². The third kappa shape index (κ3) is 3.82. The molecule has 34 heavy (non-hydrogen) atoms. The summed E-state index contributed by atoms with van der Waals surface area (Å²) in [4.78, 5) is 2.57. The van der Waals surface area contributed by atoms with Crippen LogP contribution in [0.1, 0.15) is 96.0 Å². The first-order valence-electron chi connectivity index (χ1n) is 14.5. The molecule has 5 fully saturated rings. The van der Waals surface area contributed by atoms with Gasteiger partial charge in [0.25, 0.3) is 0 Å². The van der Waals surface area contributed by atoms with E-state index in [-0.39, 0.29) is 17.6 Å². The number of aliphatic hydroxyl groups is 1. The van der Waals surface area contributed by atoms with Crippen LogP contribution in [0.15, 0.2) is 23.0 Å². The number of likely N-dealkylation sites (tertiary alicyclic amines) is 1. The molecular weight excluding hydrogens is 422 g/mol. The molecule has 1 saturated heterocycles. The van der Waals surface area contributed by atoms with Gasteiger partial charge in [-0.3, -0.25) is 0 Å². The minimum atomic E-state index is -0.276. The molecule has 4 aliphatic carbocycles. The molecule has 1 aromatic rings. The first-order valence-corrected chi connectivity index (χ1v) is 14.5. The maximum Gasteiger partial charge on any atom is 0.0937 e. The van der Waals surface area contributed by atoms with Crippen molar-refractivity contribution in [3.63, 3.8) is 0 Å². The fourth-order valence-electron chi connectivity index (χ4n) is 10.0. The number of hydrogen-bond acceptors (Lipinski definition) is 4. The van der Waals surface area contributed by atoms with Crippen LogP contribution >= 0.6 is 0 Å². The van der Waals surface area contributed by atoms with Gasteiger partial charge in [0.2, 0.25) is 0 Å². The van der Waals surface area contributed by atoms with Gasteiger partial charge in [0.15, 0.2) is 0 Å². The van der Waals surface area contributed by atoms with E-state index in [0.717, 1.165) is 43.7 Å². The van der Waals surface area contributed by atoms with Crippen LogP contribution in [0.5, 0.6) is 0 Å². The van der Waals surface area contributed by atoms with Crippen molar-refractivity contribution < 1.29 is 14.3 Å². The molecule has 2 heterocycles. The zero-order chi connectivity index (χ0) is 23.3. The van der Waals surface area contributed by atoms with Crippen molar-refractivity contribution >= 4 is 0 Å². The summed E-state index contributed by atoms with van der Waals surface area (Å²) in [6.07, 6.45) is 17.6. The molecule has 0 aromatic carbocycles.